The molecule has 4 nitrogen and oxygen atoms in total. The molecule has 5 heteroatoms. The number of hydrogen-bond acceptors (Lipinski definition) is 4. The van der Waals surface area contributed by atoms with Crippen LogP contribution in [0, 0.1) is 0 Å². The molecule has 0 saturated heterocycles. The van der Waals surface area contributed by atoms with Crippen LogP contribution < -0.4 is 0 Å². The molecule has 0 aromatic heterocycles. The molecule has 0 spiro atoms. The summed E-state index contributed by atoms with van der Waals surface area (Å²) in [4.78, 5) is 10.7. The van der Waals surface area contributed by atoms with Gasteiger partial charge in [-0.25, -0.2) is 0 Å². The molecule has 2 aromatic carbocycles. The van der Waals surface area contributed by atoms with Crippen molar-refractivity contribution in [2.45, 2.75) is 18.1 Å². The van der Waals surface area contributed by atoms with Gasteiger partial charge in [0, 0.05) is 11.0 Å². The van der Waals surface area contributed by atoms with E-state index in [1.807, 2.05) is 24.3 Å². The molecule has 0 heterocycles. The minimum Gasteiger partial charge on any atom is -0.508 e. The van der Waals surface area contributed by atoms with Gasteiger partial charge >= 0.3 is 5.97 Å². The number of phenolic OH excluding ortho intramolecular Hbond substituents is 2. The molecule has 22 heavy (non-hydrogen) atoms. The normalized spacial score (nSPS) is 12.0. The van der Waals surface area contributed by atoms with Crippen LogP contribution in [0.3, 0.4) is 0 Å². The largest absolute Gasteiger partial charge is 0.508 e. The van der Waals surface area contributed by atoms with Crippen LogP contribution >= 0.6 is 11.8 Å². The van der Waals surface area contributed by atoms with Crippen molar-refractivity contribution in [1.82, 2.24) is 0 Å². The van der Waals surface area contributed by atoms with Crippen LogP contribution in [0.25, 0.3) is 0 Å². The average molecular weight is 318 g/mol. The van der Waals surface area contributed by atoms with Crippen molar-refractivity contribution in [2.24, 2.45) is 0 Å². The number of carboxylic acid groups (broad SMARTS) is 1. The number of rotatable bonds is 7. The molecule has 1 unspecified atom stereocenters. The Morgan fingerprint density at radius 3 is 2.05 bits per heavy atom. The zero-order valence-corrected chi connectivity index (χ0v) is 12.8. The van der Waals surface area contributed by atoms with E-state index >= 15 is 0 Å². The SMILES string of the molecule is O=C(O)CCSC(Cc1ccc(O)cc1)c1ccc(O)cc1. The van der Waals surface area contributed by atoms with Crippen molar-refractivity contribution in [2.75, 3.05) is 5.75 Å². The van der Waals surface area contributed by atoms with Gasteiger partial charge in [0.1, 0.15) is 11.5 Å². The second-order valence-electron chi connectivity index (χ2n) is 4.97. The number of hydrogen-bond donors (Lipinski definition) is 3. The number of aliphatic carboxylic acids is 1. The summed E-state index contributed by atoms with van der Waals surface area (Å²) in [5.74, 6) is 0.159. The minimum absolute atomic E-state index is 0.101. The fourth-order valence-electron chi connectivity index (χ4n) is 2.10. The molecule has 2 rings (SSSR count). The molecular formula is C17H18O4S. The maximum atomic E-state index is 10.7. The van der Waals surface area contributed by atoms with Gasteiger partial charge in [-0.15, -0.1) is 0 Å². The molecule has 1 atom stereocenters. The summed E-state index contributed by atoms with van der Waals surface area (Å²) in [6.45, 7) is 0. The van der Waals surface area contributed by atoms with Gasteiger partial charge in [-0.05, 0) is 41.8 Å². The maximum absolute atomic E-state index is 10.7. The number of phenols is 2. The summed E-state index contributed by atoms with van der Waals surface area (Å²) in [5, 5.41) is 27.6. The lowest BCUT2D eigenvalue weighted by Gasteiger charge is -2.17. The Labute approximate surface area is 133 Å². The maximum Gasteiger partial charge on any atom is 0.304 e. The summed E-state index contributed by atoms with van der Waals surface area (Å²) in [6.07, 6.45) is 0.851. The zero-order chi connectivity index (χ0) is 15.9. The Kier molecular flexibility index (Phi) is 5.72. The average Bonchev–Trinajstić information content (AvgIpc) is 2.49. The summed E-state index contributed by atoms with van der Waals surface area (Å²) < 4.78 is 0. The van der Waals surface area contributed by atoms with E-state index in [1.54, 1.807) is 36.0 Å². The summed E-state index contributed by atoms with van der Waals surface area (Å²) in [6, 6.07) is 14.0. The van der Waals surface area contributed by atoms with Crippen LogP contribution in [0.4, 0.5) is 0 Å². The molecule has 0 amide bonds. The van der Waals surface area contributed by atoms with Crippen LogP contribution in [0.1, 0.15) is 22.8 Å². The van der Waals surface area contributed by atoms with Gasteiger partial charge in [0.2, 0.25) is 0 Å². The van der Waals surface area contributed by atoms with Gasteiger partial charge in [-0.1, -0.05) is 24.3 Å². The monoisotopic (exact) mass is 318 g/mol. The van der Waals surface area contributed by atoms with Crippen LogP contribution in [0.2, 0.25) is 0 Å². The number of carbonyl (C=O) groups is 1. The lowest BCUT2D eigenvalue weighted by Crippen LogP contribution is -2.03. The summed E-state index contributed by atoms with van der Waals surface area (Å²) >= 11 is 1.58. The third-order valence-electron chi connectivity index (χ3n) is 3.26. The van der Waals surface area contributed by atoms with Crippen LogP contribution in [0.15, 0.2) is 48.5 Å². The molecule has 0 bridgehead atoms. The standard InChI is InChI=1S/C17H18O4S/c18-14-5-1-12(2-6-14)11-16(22-10-9-17(20)21)13-3-7-15(19)8-4-13/h1-8,16,18-19H,9-11H2,(H,20,21). The Morgan fingerprint density at radius 1 is 0.955 bits per heavy atom. The molecule has 0 radical (unpaired) electrons. The lowest BCUT2D eigenvalue weighted by molar-refractivity contribution is -0.136. The van der Waals surface area contributed by atoms with Crippen molar-refractivity contribution in [1.29, 1.82) is 0 Å². The van der Waals surface area contributed by atoms with Gasteiger partial charge in [0.25, 0.3) is 0 Å². The van der Waals surface area contributed by atoms with Crippen molar-refractivity contribution in [3.63, 3.8) is 0 Å². The van der Waals surface area contributed by atoms with Crippen molar-refractivity contribution >= 4 is 17.7 Å². The summed E-state index contributed by atoms with van der Waals surface area (Å²) in [5.41, 5.74) is 2.11. The summed E-state index contributed by atoms with van der Waals surface area (Å²) in [7, 11) is 0. The smallest absolute Gasteiger partial charge is 0.304 e. The van der Waals surface area contributed by atoms with Crippen LogP contribution in [0.5, 0.6) is 11.5 Å². The first-order valence-corrected chi connectivity index (χ1v) is 7.99. The third-order valence-corrected chi connectivity index (χ3v) is 4.54. The third kappa shape index (κ3) is 5.00. The van der Waals surface area contributed by atoms with E-state index in [4.69, 9.17) is 5.11 Å². The predicted molar refractivity (Wildman–Crippen MR) is 87.4 cm³/mol. The van der Waals surface area contributed by atoms with Crippen molar-refractivity contribution in [3.8, 4) is 11.5 Å². The zero-order valence-electron chi connectivity index (χ0n) is 12.0. The van der Waals surface area contributed by atoms with Crippen LogP contribution in [-0.2, 0) is 11.2 Å². The Bertz CT molecular complexity index is 608. The number of aromatic hydroxyl groups is 2. The molecule has 0 aliphatic heterocycles. The minimum atomic E-state index is -0.804. The molecule has 3 N–H and O–H groups in total. The Hall–Kier alpha value is -2.14. The lowest BCUT2D eigenvalue weighted by atomic mass is 10.0. The van der Waals surface area contributed by atoms with Gasteiger partial charge < -0.3 is 15.3 Å². The van der Waals surface area contributed by atoms with E-state index in [-0.39, 0.29) is 23.2 Å². The van der Waals surface area contributed by atoms with Gasteiger partial charge in [0.05, 0.1) is 6.42 Å². The number of benzene rings is 2. The Balaban J connectivity index is 2.11. The molecule has 0 saturated carbocycles. The molecular weight excluding hydrogens is 300 g/mol. The van der Waals surface area contributed by atoms with E-state index in [9.17, 15) is 15.0 Å². The van der Waals surface area contributed by atoms with E-state index in [2.05, 4.69) is 0 Å². The van der Waals surface area contributed by atoms with E-state index in [0.29, 0.717) is 5.75 Å². The van der Waals surface area contributed by atoms with E-state index in [1.165, 1.54) is 0 Å². The molecule has 0 fully saturated rings. The first kappa shape index (κ1) is 16.2. The van der Waals surface area contributed by atoms with Gasteiger partial charge in [-0.2, -0.15) is 11.8 Å². The second kappa shape index (κ2) is 7.75. The van der Waals surface area contributed by atoms with Gasteiger partial charge in [0.15, 0.2) is 0 Å². The van der Waals surface area contributed by atoms with Crippen molar-refractivity contribution in [3.05, 3.63) is 59.7 Å². The highest BCUT2D eigenvalue weighted by Crippen LogP contribution is 2.33. The van der Waals surface area contributed by atoms with Crippen LogP contribution in [-0.4, -0.2) is 27.0 Å². The first-order valence-electron chi connectivity index (χ1n) is 6.95. The molecule has 0 aliphatic carbocycles. The highest BCUT2D eigenvalue weighted by Gasteiger charge is 2.14. The topological polar surface area (TPSA) is 77.8 Å². The highest BCUT2D eigenvalue weighted by atomic mass is 32.2. The fraction of sp³-hybridized carbons (Fsp3) is 0.235. The highest BCUT2D eigenvalue weighted by molar-refractivity contribution is 7.99. The predicted octanol–water partition coefficient (Wildman–Crippen LogP) is 3.59. The number of carboxylic acids is 1. The quantitative estimate of drug-likeness (QED) is 0.727. The Morgan fingerprint density at radius 2 is 1.50 bits per heavy atom. The van der Waals surface area contributed by atoms with Gasteiger partial charge in [-0.3, -0.25) is 4.79 Å². The first-order chi connectivity index (χ1) is 10.5. The number of thioether (sulfide) groups is 1. The molecule has 0 aliphatic rings. The molecule has 2 aromatic rings. The van der Waals surface area contributed by atoms with E-state index < -0.39 is 5.97 Å². The van der Waals surface area contributed by atoms with Crippen molar-refractivity contribution < 1.29 is 20.1 Å². The second-order valence-corrected chi connectivity index (χ2v) is 6.28. The van der Waals surface area contributed by atoms with E-state index in [0.717, 1.165) is 17.5 Å². The molecule has 116 valence electrons. The fourth-order valence-corrected chi connectivity index (χ4v) is 3.33.